The number of nitrogens with one attached hydrogen (secondary N) is 2. The predicted octanol–water partition coefficient (Wildman–Crippen LogP) is 4.39. The molecule has 2 saturated heterocycles. The maximum atomic E-state index is 13.6. The summed E-state index contributed by atoms with van der Waals surface area (Å²) in [5.74, 6) is -0.592. The highest BCUT2D eigenvalue weighted by molar-refractivity contribution is 5.81. The Morgan fingerprint density at radius 3 is 2.50 bits per heavy atom. The average molecular weight is 530 g/mol. The minimum atomic E-state index is -0.576. The van der Waals surface area contributed by atoms with Gasteiger partial charge < -0.3 is 29.7 Å². The van der Waals surface area contributed by atoms with E-state index in [1.54, 1.807) is 4.90 Å². The summed E-state index contributed by atoms with van der Waals surface area (Å²) in [6.45, 7) is 11.7. The maximum absolute atomic E-state index is 13.6. The molecular weight excluding hydrogens is 486 g/mol. The second-order valence-corrected chi connectivity index (χ2v) is 12.6. The number of hydrogen-bond acceptors (Lipinski definition) is 6. The van der Waals surface area contributed by atoms with Crippen molar-refractivity contribution in [3.8, 4) is 0 Å². The molecule has 4 atom stereocenters. The first-order chi connectivity index (χ1) is 17.9. The third kappa shape index (κ3) is 6.60. The Morgan fingerprint density at radius 1 is 1.11 bits per heavy atom. The van der Waals surface area contributed by atoms with Crippen LogP contribution < -0.4 is 10.6 Å². The van der Waals surface area contributed by atoms with Gasteiger partial charge in [0.15, 0.2) is 0 Å². The van der Waals surface area contributed by atoms with Gasteiger partial charge in [0, 0.05) is 31.8 Å². The first-order valence-corrected chi connectivity index (χ1v) is 13.8. The van der Waals surface area contributed by atoms with Gasteiger partial charge in [0.2, 0.25) is 5.91 Å². The second-order valence-electron chi connectivity index (χ2n) is 12.6. The molecule has 9 heteroatoms. The minimum Gasteiger partial charge on any atom is -0.445 e. The van der Waals surface area contributed by atoms with Gasteiger partial charge in [-0.2, -0.15) is 0 Å². The summed E-state index contributed by atoms with van der Waals surface area (Å²) in [5.41, 5.74) is -0.282. The van der Waals surface area contributed by atoms with Crippen LogP contribution in [0.15, 0.2) is 30.3 Å². The highest BCUT2D eigenvalue weighted by Crippen LogP contribution is 2.54. The normalized spacial score (nSPS) is 28.7. The molecule has 38 heavy (non-hydrogen) atoms. The Morgan fingerprint density at radius 2 is 1.84 bits per heavy atom. The summed E-state index contributed by atoms with van der Waals surface area (Å²) in [6.07, 6.45) is 2.63. The van der Waals surface area contributed by atoms with Gasteiger partial charge in [0.1, 0.15) is 12.2 Å². The average Bonchev–Trinajstić information content (AvgIpc) is 3.36. The van der Waals surface area contributed by atoms with E-state index in [-0.39, 0.29) is 30.1 Å². The van der Waals surface area contributed by atoms with Crippen LogP contribution in [-0.4, -0.2) is 66.0 Å². The molecule has 1 spiro atoms. The van der Waals surface area contributed by atoms with Crippen LogP contribution in [-0.2, 0) is 25.6 Å². The van der Waals surface area contributed by atoms with E-state index in [9.17, 15) is 14.4 Å². The summed E-state index contributed by atoms with van der Waals surface area (Å²) in [6, 6.07) is 8.90. The Bertz CT molecular complexity index is 1010. The van der Waals surface area contributed by atoms with Gasteiger partial charge in [-0.3, -0.25) is 4.79 Å². The van der Waals surface area contributed by atoms with Crippen molar-refractivity contribution < 1.29 is 28.6 Å². The molecule has 1 saturated carbocycles. The highest BCUT2D eigenvalue weighted by atomic mass is 16.6. The molecule has 0 aromatic heterocycles. The molecule has 1 aromatic rings. The molecule has 9 nitrogen and oxygen atoms in total. The monoisotopic (exact) mass is 529 g/mol. The van der Waals surface area contributed by atoms with Crippen LogP contribution in [0, 0.1) is 11.3 Å². The highest BCUT2D eigenvalue weighted by Gasteiger charge is 2.59. The number of carbonyl (C=O) groups excluding carboxylic acids is 3. The summed E-state index contributed by atoms with van der Waals surface area (Å²) in [5, 5.41) is 6.14. The van der Waals surface area contributed by atoms with Crippen LogP contribution >= 0.6 is 0 Å². The number of piperidine rings is 1. The smallest absolute Gasteiger partial charge is 0.410 e. The zero-order valence-electron chi connectivity index (χ0n) is 23.4. The van der Waals surface area contributed by atoms with E-state index < -0.39 is 29.3 Å². The number of nitrogens with zero attached hydrogens (tertiary/aromatic N) is 1. The molecule has 2 aliphatic heterocycles. The first kappa shape index (κ1) is 28.2. The van der Waals surface area contributed by atoms with Crippen LogP contribution in [0.1, 0.15) is 72.3 Å². The fraction of sp³-hybridized carbons (Fsp3) is 0.690. The number of amides is 3. The third-order valence-electron chi connectivity index (χ3n) is 8.20. The lowest BCUT2D eigenvalue weighted by molar-refractivity contribution is -0.127. The zero-order valence-corrected chi connectivity index (χ0v) is 23.4. The van der Waals surface area contributed by atoms with Crippen molar-refractivity contribution in [1.29, 1.82) is 0 Å². The molecule has 1 aromatic carbocycles. The number of benzene rings is 1. The molecule has 3 fully saturated rings. The summed E-state index contributed by atoms with van der Waals surface area (Å²) in [7, 11) is 0. The lowest BCUT2D eigenvalue weighted by atomic mass is 9.73. The largest absolute Gasteiger partial charge is 0.445 e. The Balaban J connectivity index is 1.41. The topological polar surface area (TPSA) is 106 Å². The lowest BCUT2D eigenvalue weighted by Crippen LogP contribution is -2.53. The van der Waals surface area contributed by atoms with E-state index >= 15 is 0 Å². The number of likely N-dealkylation sites (tertiary alicyclic amines) is 1. The summed E-state index contributed by atoms with van der Waals surface area (Å²) < 4.78 is 17.3. The number of rotatable bonds is 5. The van der Waals surface area contributed by atoms with E-state index in [0.29, 0.717) is 32.5 Å². The molecule has 0 bridgehead atoms. The molecule has 0 unspecified atom stereocenters. The van der Waals surface area contributed by atoms with Crippen molar-refractivity contribution in [1.82, 2.24) is 15.5 Å². The van der Waals surface area contributed by atoms with Gasteiger partial charge in [-0.1, -0.05) is 44.2 Å². The molecule has 1 aliphatic carbocycles. The Kier molecular flexibility index (Phi) is 8.26. The van der Waals surface area contributed by atoms with Gasteiger partial charge in [0.05, 0.1) is 11.5 Å². The van der Waals surface area contributed by atoms with Crippen LogP contribution in [0.2, 0.25) is 0 Å². The number of ether oxygens (including phenoxy) is 3. The number of carbonyl (C=O) groups is 3. The predicted molar refractivity (Wildman–Crippen MR) is 142 cm³/mol. The van der Waals surface area contributed by atoms with Crippen molar-refractivity contribution in [2.24, 2.45) is 11.3 Å². The van der Waals surface area contributed by atoms with Gasteiger partial charge in [-0.05, 0) is 63.9 Å². The number of hydrogen-bond donors (Lipinski definition) is 2. The van der Waals surface area contributed by atoms with Crippen molar-refractivity contribution >= 4 is 18.1 Å². The lowest BCUT2D eigenvalue weighted by Gasteiger charge is -2.37. The van der Waals surface area contributed by atoms with E-state index in [4.69, 9.17) is 14.2 Å². The SMILES string of the molecule is CC(C)(C)OC(=O)N1CCC[C@H](NC(=O)[C@H]2C[C@@]3(C[C@@H]2NC(=O)OCc2ccccc2)OCCC3(C)C)C1. The van der Waals surface area contributed by atoms with Crippen molar-refractivity contribution in [2.75, 3.05) is 19.7 Å². The van der Waals surface area contributed by atoms with Crippen molar-refractivity contribution in [3.63, 3.8) is 0 Å². The van der Waals surface area contributed by atoms with Crippen LogP contribution in [0.3, 0.4) is 0 Å². The van der Waals surface area contributed by atoms with Crippen LogP contribution in [0.5, 0.6) is 0 Å². The quantitative estimate of drug-likeness (QED) is 0.586. The minimum absolute atomic E-state index is 0.117. The van der Waals surface area contributed by atoms with E-state index in [1.165, 1.54) is 0 Å². The van der Waals surface area contributed by atoms with E-state index in [2.05, 4.69) is 24.5 Å². The fourth-order valence-electron chi connectivity index (χ4n) is 5.91. The summed E-state index contributed by atoms with van der Waals surface area (Å²) >= 11 is 0. The third-order valence-corrected chi connectivity index (χ3v) is 8.20. The Labute approximate surface area is 225 Å². The Hall–Kier alpha value is -2.81. The van der Waals surface area contributed by atoms with Crippen LogP contribution in [0.25, 0.3) is 0 Å². The van der Waals surface area contributed by atoms with Crippen LogP contribution in [0.4, 0.5) is 9.59 Å². The van der Waals surface area contributed by atoms with Gasteiger partial charge in [0.25, 0.3) is 0 Å². The molecule has 2 N–H and O–H groups in total. The summed E-state index contributed by atoms with van der Waals surface area (Å²) in [4.78, 5) is 40.7. The van der Waals surface area contributed by atoms with Gasteiger partial charge >= 0.3 is 12.2 Å². The maximum Gasteiger partial charge on any atom is 0.410 e. The van der Waals surface area contributed by atoms with Crippen molar-refractivity contribution in [2.45, 2.75) is 96.6 Å². The molecule has 4 rings (SSSR count). The molecule has 2 heterocycles. The molecule has 210 valence electrons. The molecule has 3 amide bonds. The molecule has 0 radical (unpaired) electrons. The van der Waals surface area contributed by atoms with Crippen molar-refractivity contribution in [3.05, 3.63) is 35.9 Å². The van der Waals surface area contributed by atoms with E-state index in [1.807, 2.05) is 51.1 Å². The van der Waals surface area contributed by atoms with Gasteiger partial charge in [-0.25, -0.2) is 9.59 Å². The number of alkyl carbamates (subject to hydrolysis) is 1. The fourth-order valence-corrected chi connectivity index (χ4v) is 5.91. The molecular formula is C29H43N3O6. The zero-order chi connectivity index (χ0) is 27.6. The molecule has 3 aliphatic rings. The van der Waals surface area contributed by atoms with Gasteiger partial charge in [-0.15, -0.1) is 0 Å². The standard InChI is InChI=1S/C29H43N3O6/c1-27(2,3)38-26(35)32-14-9-12-21(18-32)30-24(33)22-16-29(28(4,5)13-15-37-29)17-23(22)31-25(34)36-19-20-10-7-6-8-11-20/h6-8,10-11,21-23H,9,12-19H2,1-5H3,(H,30,33)(H,31,34)/t21-,22-,23-,29-/m0/s1. The second kappa shape index (κ2) is 11.1. The first-order valence-electron chi connectivity index (χ1n) is 13.8. The van der Waals surface area contributed by atoms with E-state index in [0.717, 1.165) is 24.8 Å².